The zero-order valence-electron chi connectivity index (χ0n) is 12.7. The van der Waals surface area contributed by atoms with Gasteiger partial charge in [-0.2, -0.15) is 11.3 Å². The van der Waals surface area contributed by atoms with Gasteiger partial charge >= 0.3 is 5.97 Å². The highest BCUT2D eigenvalue weighted by Gasteiger charge is 2.34. The minimum atomic E-state index is -0.842. The van der Waals surface area contributed by atoms with Crippen LogP contribution in [0.15, 0.2) is 21.2 Å². The molecule has 7 heteroatoms. The SMILES string of the molecule is Cc1oc(-c2ccsc2)nc1CC(=O)N[C@@H]1CCC[C@@H]1C(=O)O. The minimum absolute atomic E-state index is 0.0995. The lowest BCUT2D eigenvalue weighted by Crippen LogP contribution is -2.40. The summed E-state index contributed by atoms with van der Waals surface area (Å²) in [7, 11) is 0. The number of carboxylic acid groups (broad SMARTS) is 1. The Morgan fingerprint density at radius 1 is 1.48 bits per heavy atom. The number of nitrogens with one attached hydrogen (secondary N) is 1. The first kappa shape index (κ1) is 15.7. The molecule has 2 aromatic rings. The van der Waals surface area contributed by atoms with Crippen LogP contribution in [0.3, 0.4) is 0 Å². The van der Waals surface area contributed by atoms with Crippen molar-refractivity contribution in [1.82, 2.24) is 10.3 Å². The number of rotatable bonds is 5. The molecule has 1 saturated carbocycles. The molecule has 0 aromatic carbocycles. The second-order valence-corrected chi connectivity index (χ2v) is 6.54. The summed E-state index contributed by atoms with van der Waals surface area (Å²) in [5.74, 6) is -0.418. The van der Waals surface area contributed by atoms with E-state index in [0.717, 1.165) is 12.0 Å². The highest BCUT2D eigenvalue weighted by molar-refractivity contribution is 7.08. The summed E-state index contributed by atoms with van der Waals surface area (Å²) in [5, 5.41) is 15.9. The molecule has 2 aromatic heterocycles. The normalized spacial score (nSPS) is 20.6. The molecule has 2 atom stereocenters. The maximum atomic E-state index is 12.2. The van der Waals surface area contributed by atoms with Crippen LogP contribution in [0.25, 0.3) is 11.5 Å². The van der Waals surface area contributed by atoms with Gasteiger partial charge in [0.05, 0.1) is 18.0 Å². The van der Waals surface area contributed by atoms with Crippen molar-refractivity contribution in [1.29, 1.82) is 0 Å². The molecule has 23 heavy (non-hydrogen) atoms. The highest BCUT2D eigenvalue weighted by Crippen LogP contribution is 2.26. The monoisotopic (exact) mass is 334 g/mol. The number of aryl methyl sites for hydroxylation is 1. The second-order valence-electron chi connectivity index (χ2n) is 5.76. The molecule has 6 nitrogen and oxygen atoms in total. The van der Waals surface area contributed by atoms with Crippen LogP contribution in [0, 0.1) is 12.8 Å². The number of oxazole rings is 1. The van der Waals surface area contributed by atoms with Crippen LogP contribution in [0.5, 0.6) is 0 Å². The Labute approximate surface area is 137 Å². The zero-order chi connectivity index (χ0) is 16.4. The number of carboxylic acids is 1. The topological polar surface area (TPSA) is 92.4 Å². The predicted molar refractivity (Wildman–Crippen MR) is 85.2 cm³/mol. The Bertz CT molecular complexity index is 708. The van der Waals surface area contributed by atoms with Crippen LogP contribution < -0.4 is 5.32 Å². The fraction of sp³-hybridized carbons (Fsp3) is 0.438. The Kier molecular flexibility index (Phi) is 4.47. The van der Waals surface area contributed by atoms with Crippen molar-refractivity contribution in [3.05, 3.63) is 28.3 Å². The van der Waals surface area contributed by atoms with E-state index in [0.29, 0.717) is 30.2 Å². The standard InChI is InChI=1S/C16H18N2O4S/c1-9-13(18-15(22-9)10-5-6-23-8-10)7-14(19)17-12-4-2-3-11(12)16(20)21/h5-6,8,11-12H,2-4,7H2,1H3,(H,17,19)(H,20,21)/t11-,12+/m0/s1. The minimum Gasteiger partial charge on any atom is -0.481 e. The maximum Gasteiger partial charge on any atom is 0.308 e. The summed E-state index contributed by atoms with van der Waals surface area (Å²) in [6.07, 6.45) is 2.25. The third-order valence-electron chi connectivity index (χ3n) is 4.17. The molecule has 2 heterocycles. The number of thiophene rings is 1. The van der Waals surface area contributed by atoms with Gasteiger partial charge in [-0.05, 0) is 31.2 Å². The van der Waals surface area contributed by atoms with Crippen LogP contribution in [0.4, 0.5) is 0 Å². The number of nitrogens with zero attached hydrogens (tertiary/aromatic N) is 1. The molecular formula is C16H18N2O4S. The largest absolute Gasteiger partial charge is 0.481 e. The van der Waals surface area contributed by atoms with Gasteiger partial charge in [0, 0.05) is 17.0 Å². The third kappa shape index (κ3) is 3.44. The van der Waals surface area contributed by atoms with Crippen LogP contribution in [-0.4, -0.2) is 28.0 Å². The molecule has 122 valence electrons. The van der Waals surface area contributed by atoms with Crippen LogP contribution in [0.2, 0.25) is 0 Å². The number of aliphatic carboxylic acids is 1. The van der Waals surface area contributed by atoms with Gasteiger partial charge in [0.25, 0.3) is 0 Å². The van der Waals surface area contributed by atoms with Gasteiger partial charge in [-0.15, -0.1) is 0 Å². The molecule has 0 saturated heterocycles. The van der Waals surface area contributed by atoms with E-state index in [-0.39, 0.29) is 18.4 Å². The molecule has 0 bridgehead atoms. The first-order chi connectivity index (χ1) is 11.0. The van der Waals surface area contributed by atoms with E-state index in [2.05, 4.69) is 10.3 Å². The lowest BCUT2D eigenvalue weighted by molar-refractivity contribution is -0.142. The Balaban J connectivity index is 1.65. The molecule has 0 aliphatic heterocycles. The van der Waals surface area contributed by atoms with Crippen molar-refractivity contribution in [2.45, 2.75) is 38.6 Å². The molecule has 1 aliphatic carbocycles. The fourth-order valence-corrected chi connectivity index (χ4v) is 3.57. The van der Waals surface area contributed by atoms with E-state index in [9.17, 15) is 9.59 Å². The molecule has 0 unspecified atom stereocenters. The average Bonchev–Trinajstić information content (AvgIpc) is 3.20. The summed E-state index contributed by atoms with van der Waals surface area (Å²) in [5.41, 5.74) is 1.49. The number of carbonyl (C=O) groups excluding carboxylic acids is 1. The summed E-state index contributed by atoms with van der Waals surface area (Å²) in [4.78, 5) is 27.7. The molecule has 1 amide bonds. The smallest absolute Gasteiger partial charge is 0.308 e. The van der Waals surface area contributed by atoms with Crippen molar-refractivity contribution in [2.24, 2.45) is 5.92 Å². The molecule has 3 rings (SSSR count). The van der Waals surface area contributed by atoms with E-state index in [1.165, 1.54) is 0 Å². The van der Waals surface area contributed by atoms with Crippen molar-refractivity contribution in [2.75, 3.05) is 0 Å². The predicted octanol–water partition coefficient (Wildman–Crippen LogP) is 2.62. The fourth-order valence-electron chi connectivity index (χ4n) is 2.94. The van der Waals surface area contributed by atoms with Gasteiger partial charge < -0.3 is 14.8 Å². The second kappa shape index (κ2) is 6.54. The van der Waals surface area contributed by atoms with E-state index >= 15 is 0 Å². The van der Waals surface area contributed by atoms with Gasteiger partial charge in [0.1, 0.15) is 5.76 Å². The molecule has 2 N–H and O–H groups in total. The summed E-state index contributed by atoms with van der Waals surface area (Å²) in [6, 6.07) is 1.62. The lowest BCUT2D eigenvalue weighted by atomic mass is 10.0. The number of hydrogen-bond donors (Lipinski definition) is 2. The highest BCUT2D eigenvalue weighted by atomic mass is 32.1. The van der Waals surface area contributed by atoms with Crippen molar-refractivity contribution < 1.29 is 19.1 Å². The van der Waals surface area contributed by atoms with Gasteiger partial charge in [-0.1, -0.05) is 6.42 Å². The molecule has 1 aliphatic rings. The Morgan fingerprint density at radius 3 is 3.00 bits per heavy atom. The molecule has 1 fully saturated rings. The van der Waals surface area contributed by atoms with Crippen molar-refractivity contribution in [3.63, 3.8) is 0 Å². The first-order valence-corrected chi connectivity index (χ1v) is 8.50. The van der Waals surface area contributed by atoms with Gasteiger partial charge in [0.15, 0.2) is 0 Å². The molecular weight excluding hydrogens is 316 g/mol. The van der Waals surface area contributed by atoms with Crippen LogP contribution >= 0.6 is 11.3 Å². The van der Waals surface area contributed by atoms with E-state index in [4.69, 9.17) is 9.52 Å². The van der Waals surface area contributed by atoms with Gasteiger partial charge in [-0.25, -0.2) is 4.98 Å². The van der Waals surface area contributed by atoms with Crippen LogP contribution in [-0.2, 0) is 16.0 Å². The molecule has 0 spiro atoms. The van der Waals surface area contributed by atoms with Gasteiger partial charge in [-0.3, -0.25) is 9.59 Å². The first-order valence-electron chi connectivity index (χ1n) is 7.55. The number of carbonyl (C=O) groups is 2. The van der Waals surface area contributed by atoms with Gasteiger partial charge in [0.2, 0.25) is 11.8 Å². The summed E-state index contributed by atoms with van der Waals surface area (Å²) in [6.45, 7) is 1.78. The van der Waals surface area contributed by atoms with E-state index in [1.54, 1.807) is 18.3 Å². The van der Waals surface area contributed by atoms with Crippen LogP contribution in [0.1, 0.15) is 30.7 Å². The Hall–Kier alpha value is -2.15. The Morgan fingerprint density at radius 2 is 2.30 bits per heavy atom. The summed E-state index contributed by atoms with van der Waals surface area (Å²) < 4.78 is 5.61. The maximum absolute atomic E-state index is 12.2. The number of aromatic nitrogens is 1. The van der Waals surface area contributed by atoms with E-state index in [1.807, 2.05) is 16.8 Å². The number of amides is 1. The quantitative estimate of drug-likeness (QED) is 0.877. The average molecular weight is 334 g/mol. The molecule has 0 radical (unpaired) electrons. The summed E-state index contributed by atoms with van der Waals surface area (Å²) >= 11 is 1.55. The third-order valence-corrected chi connectivity index (χ3v) is 4.85. The van der Waals surface area contributed by atoms with Crippen molar-refractivity contribution >= 4 is 23.2 Å². The lowest BCUT2D eigenvalue weighted by Gasteiger charge is -2.17. The zero-order valence-corrected chi connectivity index (χ0v) is 13.6. The van der Waals surface area contributed by atoms with Crippen molar-refractivity contribution in [3.8, 4) is 11.5 Å². The number of hydrogen-bond acceptors (Lipinski definition) is 5. The van der Waals surface area contributed by atoms with E-state index < -0.39 is 11.9 Å².